The summed E-state index contributed by atoms with van der Waals surface area (Å²) in [5, 5.41) is 2.61. The van der Waals surface area contributed by atoms with Crippen molar-refractivity contribution in [3.63, 3.8) is 0 Å². The zero-order valence-electron chi connectivity index (χ0n) is 10.3. The summed E-state index contributed by atoms with van der Waals surface area (Å²) in [6.07, 6.45) is -4.38. The van der Waals surface area contributed by atoms with Gasteiger partial charge in [-0.1, -0.05) is 25.4 Å². The van der Waals surface area contributed by atoms with Gasteiger partial charge in [-0.15, -0.1) is 11.3 Å². The Morgan fingerprint density at radius 2 is 1.95 bits per heavy atom. The predicted octanol–water partition coefficient (Wildman–Crippen LogP) is 5.61. The quantitative estimate of drug-likeness (QED) is 0.703. The molecule has 1 nitrogen and oxygen atoms in total. The zero-order chi connectivity index (χ0) is 14.2. The van der Waals surface area contributed by atoms with Crippen LogP contribution in [0.2, 0.25) is 5.02 Å². The molecule has 0 saturated carbocycles. The molecule has 0 unspecified atom stereocenters. The predicted molar refractivity (Wildman–Crippen MR) is 71.7 cm³/mol. The lowest BCUT2D eigenvalue weighted by Crippen LogP contribution is -2.04. The molecule has 0 aliphatic rings. The summed E-state index contributed by atoms with van der Waals surface area (Å²) in [7, 11) is 0. The lowest BCUT2D eigenvalue weighted by atomic mass is 10.1. The molecule has 1 aromatic heterocycles. The van der Waals surface area contributed by atoms with Gasteiger partial charge < -0.3 is 0 Å². The minimum absolute atomic E-state index is 0.0690. The second-order valence-corrected chi connectivity index (χ2v) is 5.69. The number of hydrogen-bond acceptors (Lipinski definition) is 2. The van der Waals surface area contributed by atoms with Gasteiger partial charge in [-0.25, -0.2) is 4.98 Å². The van der Waals surface area contributed by atoms with Gasteiger partial charge in [0, 0.05) is 10.9 Å². The highest BCUT2D eigenvalue weighted by Gasteiger charge is 2.31. The van der Waals surface area contributed by atoms with Gasteiger partial charge in [-0.3, -0.25) is 0 Å². The van der Waals surface area contributed by atoms with Crippen molar-refractivity contribution in [2.75, 3.05) is 0 Å². The molecule has 0 bridgehead atoms. The van der Waals surface area contributed by atoms with Crippen LogP contribution < -0.4 is 0 Å². The van der Waals surface area contributed by atoms with E-state index in [4.69, 9.17) is 11.6 Å². The van der Waals surface area contributed by atoms with Crippen molar-refractivity contribution in [3.05, 3.63) is 39.9 Å². The standard InChI is InChI=1S/C13H11ClF3NS/c1-7(2)11-6-19-12(18-11)9-4-3-8(5-10(9)14)13(15,16)17/h3-7H,1-2H3. The number of benzene rings is 1. The van der Waals surface area contributed by atoms with E-state index in [0.717, 1.165) is 17.8 Å². The van der Waals surface area contributed by atoms with Gasteiger partial charge >= 0.3 is 6.18 Å². The Hall–Kier alpha value is -1.07. The Bertz CT molecular complexity index is 590. The first-order chi connectivity index (χ1) is 8.79. The molecule has 19 heavy (non-hydrogen) atoms. The van der Waals surface area contributed by atoms with E-state index in [0.29, 0.717) is 10.6 Å². The molecule has 0 radical (unpaired) electrons. The second kappa shape index (κ2) is 5.13. The molecule has 0 aliphatic heterocycles. The Labute approximate surface area is 118 Å². The molecule has 2 rings (SSSR count). The maximum atomic E-state index is 12.5. The third-order valence-corrected chi connectivity index (χ3v) is 3.85. The molecule has 6 heteroatoms. The lowest BCUT2D eigenvalue weighted by Gasteiger charge is -2.08. The first-order valence-corrected chi connectivity index (χ1v) is 6.87. The zero-order valence-corrected chi connectivity index (χ0v) is 11.8. The number of halogens is 4. The summed E-state index contributed by atoms with van der Waals surface area (Å²) < 4.78 is 37.6. The summed E-state index contributed by atoms with van der Waals surface area (Å²) in [6.45, 7) is 4.01. The summed E-state index contributed by atoms with van der Waals surface area (Å²) in [4.78, 5) is 4.39. The average Bonchev–Trinajstić information content (AvgIpc) is 2.76. The molecule has 1 heterocycles. The van der Waals surface area contributed by atoms with Crippen LogP contribution in [-0.2, 0) is 6.18 Å². The molecular formula is C13H11ClF3NS. The highest BCUT2D eigenvalue weighted by Crippen LogP contribution is 2.37. The Kier molecular flexibility index (Phi) is 3.87. The average molecular weight is 306 g/mol. The fraction of sp³-hybridized carbons (Fsp3) is 0.308. The first-order valence-electron chi connectivity index (χ1n) is 5.61. The van der Waals surface area contributed by atoms with Crippen molar-refractivity contribution in [2.24, 2.45) is 0 Å². The van der Waals surface area contributed by atoms with E-state index in [-0.39, 0.29) is 10.9 Å². The lowest BCUT2D eigenvalue weighted by molar-refractivity contribution is -0.137. The van der Waals surface area contributed by atoms with Gasteiger partial charge in [0.05, 0.1) is 16.3 Å². The molecule has 0 amide bonds. The van der Waals surface area contributed by atoms with Crippen LogP contribution in [-0.4, -0.2) is 4.98 Å². The molecule has 0 atom stereocenters. The normalized spacial score (nSPS) is 12.2. The van der Waals surface area contributed by atoms with Gasteiger partial charge in [-0.2, -0.15) is 13.2 Å². The number of alkyl halides is 3. The highest BCUT2D eigenvalue weighted by molar-refractivity contribution is 7.13. The highest BCUT2D eigenvalue weighted by atomic mass is 35.5. The molecule has 0 fully saturated rings. The fourth-order valence-corrected chi connectivity index (χ4v) is 2.89. The van der Waals surface area contributed by atoms with Gasteiger partial charge in [0.25, 0.3) is 0 Å². The van der Waals surface area contributed by atoms with Crippen LogP contribution in [0.4, 0.5) is 13.2 Å². The van der Waals surface area contributed by atoms with Gasteiger partial charge in [0.1, 0.15) is 5.01 Å². The van der Waals surface area contributed by atoms with E-state index in [9.17, 15) is 13.2 Å². The van der Waals surface area contributed by atoms with Crippen molar-refractivity contribution in [2.45, 2.75) is 25.9 Å². The van der Waals surface area contributed by atoms with E-state index in [2.05, 4.69) is 4.98 Å². The maximum absolute atomic E-state index is 12.5. The van der Waals surface area contributed by atoms with Crippen LogP contribution in [0.5, 0.6) is 0 Å². The molecule has 1 aromatic carbocycles. The monoisotopic (exact) mass is 305 g/mol. The topological polar surface area (TPSA) is 12.9 Å². The summed E-state index contributed by atoms with van der Waals surface area (Å²) in [5.41, 5.74) is 0.699. The molecule has 102 valence electrons. The van der Waals surface area contributed by atoms with Gasteiger partial charge in [0.15, 0.2) is 0 Å². The van der Waals surface area contributed by atoms with Crippen LogP contribution in [0.15, 0.2) is 23.6 Å². The minimum Gasteiger partial charge on any atom is -0.241 e. The van der Waals surface area contributed by atoms with E-state index >= 15 is 0 Å². The number of aromatic nitrogens is 1. The molecule has 0 aliphatic carbocycles. The van der Waals surface area contributed by atoms with E-state index in [1.807, 2.05) is 19.2 Å². The van der Waals surface area contributed by atoms with E-state index < -0.39 is 11.7 Å². The number of nitrogens with zero attached hydrogens (tertiary/aromatic N) is 1. The number of hydrogen-bond donors (Lipinski definition) is 0. The summed E-state index contributed by atoms with van der Waals surface area (Å²) in [5.74, 6) is 0.276. The molecule has 0 saturated heterocycles. The van der Waals surface area contributed by atoms with E-state index in [1.54, 1.807) is 0 Å². The number of thiazole rings is 1. The molecule has 0 N–H and O–H groups in total. The van der Waals surface area contributed by atoms with Crippen molar-refractivity contribution in [1.82, 2.24) is 4.98 Å². The SMILES string of the molecule is CC(C)c1csc(-c2ccc(C(F)(F)F)cc2Cl)n1. The van der Waals surface area contributed by atoms with Crippen molar-refractivity contribution >= 4 is 22.9 Å². The second-order valence-electron chi connectivity index (χ2n) is 4.42. The van der Waals surface area contributed by atoms with Crippen LogP contribution >= 0.6 is 22.9 Å². The van der Waals surface area contributed by atoms with Crippen molar-refractivity contribution in [1.29, 1.82) is 0 Å². The van der Waals surface area contributed by atoms with Gasteiger partial charge in [-0.05, 0) is 24.1 Å². The van der Waals surface area contributed by atoms with Crippen LogP contribution in [0.1, 0.15) is 31.0 Å². The van der Waals surface area contributed by atoms with Crippen LogP contribution in [0.25, 0.3) is 10.6 Å². The van der Waals surface area contributed by atoms with Gasteiger partial charge in [0.2, 0.25) is 0 Å². The maximum Gasteiger partial charge on any atom is 0.416 e. The third-order valence-electron chi connectivity index (χ3n) is 2.64. The first kappa shape index (κ1) is 14.3. The Morgan fingerprint density at radius 3 is 2.42 bits per heavy atom. The molecular weight excluding hydrogens is 295 g/mol. The van der Waals surface area contributed by atoms with Crippen LogP contribution in [0.3, 0.4) is 0 Å². The smallest absolute Gasteiger partial charge is 0.241 e. The van der Waals surface area contributed by atoms with Crippen LogP contribution in [0, 0.1) is 0 Å². The summed E-state index contributed by atoms with van der Waals surface area (Å²) in [6, 6.07) is 3.33. The molecule has 2 aromatic rings. The third kappa shape index (κ3) is 3.09. The Balaban J connectivity index is 2.40. The summed E-state index contributed by atoms with van der Waals surface area (Å²) >= 11 is 7.31. The van der Waals surface area contributed by atoms with Crippen molar-refractivity contribution < 1.29 is 13.2 Å². The van der Waals surface area contributed by atoms with E-state index in [1.165, 1.54) is 17.4 Å². The van der Waals surface area contributed by atoms with Crippen molar-refractivity contribution in [3.8, 4) is 10.6 Å². The number of rotatable bonds is 2. The largest absolute Gasteiger partial charge is 0.416 e. The fourth-order valence-electron chi connectivity index (χ4n) is 1.54. The minimum atomic E-state index is -4.38. The molecule has 0 spiro atoms. The Morgan fingerprint density at radius 1 is 1.26 bits per heavy atom.